The summed E-state index contributed by atoms with van der Waals surface area (Å²) in [7, 11) is -5.85. The Hall–Kier alpha value is -4.16. The number of benzene rings is 4. The number of aromatic hydroxyl groups is 2. The van der Waals surface area contributed by atoms with Crippen LogP contribution >= 0.6 is 0 Å². The highest BCUT2D eigenvalue weighted by atomic mass is 32.2. The summed E-state index contributed by atoms with van der Waals surface area (Å²) in [6, 6.07) is 28.1. The Labute approximate surface area is 304 Å². The second-order valence-corrected chi connectivity index (χ2v) is 22.0. The first kappa shape index (κ1) is 39.6. The van der Waals surface area contributed by atoms with Crippen molar-refractivity contribution in [3.05, 3.63) is 113 Å². The molecular formula is C40H53N3O6SSi. The molecule has 11 heteroatoms. The highest BCUT2D eigenvalue weighted by Gasteiger charge is 2.40. The third-order valence-corrected chi connectivity index (χ3v) is 14.4. The van der Waals surface area contributed by atoms with Crippen LogP contribution in [0, 0.1) is 0 Å². The summed E-state index contributed by atoms with van der Waals surface area (Å²) in [6.07, 6.45) is 1.61. The number of hydrogen-bond donors (Lipinski definition) is 5. The van der Waals surface area contributed by atoms with Crippen molar-refractivity contribution in [2.75, 3.05) is 17.5 Å². The Morgan fingerprint density at radius 3 is 2.04 bits per heavy atom. The van der Waals surface area contributed by atoms with Crippen molar-refractivity contribution in [2.45, 2.75) is 83.8 Å². The molecule has 0 spiro atoms. The van der Waals surface area contributed by atoms with Gasteiger partial charge in [-0.05, 0) is 96.0 Å². The van der Waals surface area contributed by atoms with Gasteiger partial charge in [-0.2, -0.15) is 0 Å². The lowest BCUT2D eigenvalue weighted by Gasteiger charge is -2.40. The van der Waals surface area contributed by atoms with Gasteiger partial charge in [-0.3, -0.25) is 9.52 Å². The topological polar surface area (TPSA) is 137 Å². The van der Waals surface area contributed by atoms with E-state index in [-0.39, 0.29) is 40.1 Å². The summed E-state index contributed by atoms with van der Waals surface area (Å²) in [4.78, 5) is 12.9. The number of phenols is 2. The number of nitrogens with one attached hydrogen (secondary N) is 3. The second-order valence-electron chi connectivity index (χ2n) is 15.5. The molecule has 0 heterocycles. The van der Waals surface area contributed by atoms with Gasteiger partial charge in [-0.25, -0.2) is 8.42 Å². The molecule has 0 aliphatic carbocycles. The highest BCUT2D eigenvalue weighted by molar-refractivity contribution is 7.92. The number of rotatable bonds is 15. The van der Waals surface area contributed by atoms with Gasteiger partial charge in [0.15, 0.2) is 8.32 Å². The van der Waals surface area contributed by atoms with E-state index in [0.29, 0.717) is 19.5 Å². The van der Waals surface area contributed by atoms with E-state index in [0.717, 1.165) is 39.6 Å². The Bertz CT molecular complexity index is 1900. The number of sulfonamides is 1. The molecule has 0 fully saturated rings. The second kappa shape index (κ2) is 16.0. The van der Waals surface area contributed by atoms with Crippen LogP contribution in [0.25, 0.3) is 11.1 Å². The molecule has 0 bridgehead atoms. The zero-order valence-electron chi connectivity index (χ0n) is 31.0. The molecule has 1 amide bonds. The van der Waals surface area contributed by atoms with Crippen molar-refractivity contribution in [1.29, 1.82) is 0 Å². The SMILES string of the molecule is CC(C)(Cc1cccc(CC(=O)NCc2ccc(-c3ccc(O)cc3)cc2)c1)NC[C@H](O[Si](C)(C)C(C)(C)C)c1ccc(O)c(NS(C)(=O)=O)c1. The van der Waals surface area contributed by atoms with Gasteiger partial charge in [0.25, 0.3) is 0 Å². The van der Waals surface area contributed by atoms with Gasteiger partial charge in [0.05, 0.1) is 24.5 Å². The maximum absolute atomic E-state index is 12.9. The van der Waals surface area contributed by atoms with E-state index < -0.39 is 24.4 Å². The number of phenolic OH excluding ortho intramolecular Hbond substituents is 2. The Balaban J connectivity index is 1.39. The van der Waals surface area contributed by atoms with Gasteiger partial charge < -0.3 is 25.3 Å². The quantitative estimate of drug-likeness (QED) is 0.0625. The predicted molar refractivity (Wildman–Crippen MR) is 209 cm³/mol. The van der Waals surface area contributed by atoms with Crippen LogP contribution in [-0.2, 0) is 38.6 Å². The minimum absolute atomic E-state index is 0.0580. The zero-order valence-corrected chi connectivity index (χ0v) is 32.8. The van der Waals surface area contributed by atoms with Crippen molar-refractivity contribution in [3.8, 4) is 22.6 Å². The Kier molecular flexibility index (Phi) is 12.4. The molecule has 4 aromatic rings. The summed E-state index contributed by atoms with van der Waals surface area (Å²) < 4.78 is 33.2. The molecular weight excluding hydrogens is 679 g/mol. The van der Waals surface area contributed by atoms with Gasteiger partial charge in [-0.1, -0.05) is 87.5 Å². The van der Waals surface area contributed by atoms with Crippen LogP contribution in [0.2, 0.25) is 18.1 Å². The molecule has 5 N–H and O–H groups in total. The summed E-state index contributed by atoms with van der Waals surface area (Å²) in [5.41, 5.74) is 5.58. The fourth-order valence-corrected chi connectivity index (χ4v) is 7.35. The molecule has 0 saturated carbocycles. The van der Waals surface area contributed by atoms with Crippen molar-refractivity contribution in [2.24, 2.45) is 0 Å². The van der Waals surface area contributed by atoms with Gasteiger partial charge >= 0.3 is 0 Å². The van der Waals surface area contributed by atoms with Crippen LogP contribution < -0.4 is 15.4 Å². The molecule has 1 atom stereocenters. The molecule has 4 aromatic carbocycles. The maximum atomic E-state index is 12.9. The largest absolute Gasteiger partial charge is 0.508 e. The van der Waals surface area contributed by atoms with Crippen molar-refractivity contribution < 1.29 is 27.9 Å². The van der Waals surface area contributed by atoms with E-state index in [4.69, 9.17) is 4.43 Å². The minimum atomic E-state index is -3.60. The van der Waals surface area contributed by atoms with E-state index in [2.05, 4.69) is 75.2 Å². The molecule has 274 valence electrons. The monoisotopic (exact) mass is 731 g/mol. The van der Waals surface area contributed by atoms with Gasteiger partial charge in [0, 0.05) is 18.6 Å². The van der Waals surface area contributed by atoms with E-state index in [1.165, 1.54) is 6.07 Å². The highest BCUT2D eigenvalue weighted by Crippen LogP contribution is 2.40. The minimum Gasteiger partial charge on any atom is -0.508 e. The van der Waals surface area contributed by atoms with Crippen molar-refractivity contribution in [3.63, 3.8) is 0 Å². The molecule has 0 aromatic heterocycles. The average molecular weight is 732 g/mol. The lowest BCUT2D eigenvalue weighted by molar-refractivity contribution is -0.120. The lowest BCUT2D eigenvalue weighted by Crippen LogP contribution is -2.47. The third kappa shape index (κ3) is 12.0. The van der Waals surface area contributed by atoms with Crippen LogP contribution in [0.15, 0.2) is 91.0 Å². The normalized spacial score (nSPS) is 13.1. The van der Waals surface area contributed by atoms with Gasteiger partial charge in [0.2, 0.25) is 15.9 Å². The Morgan fingerprint density at radius 1 is 0.824 bits per heavy atom. The van der Waals surface area contributed by atoms with E-state index in [1.54, 1.807) is 24.3 Å². The number of hydrogen-bond acceptors (Lipinski definition) is 7. The summed E-state index contributed by atoms with van der Waals surface area (Å²) >= 11 is 0. The molecule has 4 rings (SSSR count). The van der Waals surface area contributed by atoms with Crippen LogP contribution in [0.5, 0.6) is 11.5 Å². The van der Waals surface area contributed by atoms with Crippen LogP contribution in [-0.4, -0.2) is 51.2 Å². The van der Waals surface area contributed by atoms with Crippen molar-refractivity contribution >= 4 is 29.9 Å². The predicted octanol–water partition coefficient (Wildman–Crippen LogP) is 7.67. The summed E-state index contributed by atoms with van der Waals surface area (Å²) in [6.45, 7) is 16.0. The molecule has 0 saturated heterocycles. The van der Waals surface area contributed by atoms with E-state index in [9.17, 15) is 23.4 Å². The smallest absolute Gasteiger partial charge is 0.229 e. The van der Waals surface area contributed by atoms with Crippen LogP contribution in [0.4, 0.5) is 5.69 Å². The zero-order chi connectivity index (χ0) is 37.6. The number of carbonyl (C=O) groups excluding carboxylic acids is 1. The number of carbonyl (C=O) groups is 1. The van der Waals surface area contributed by atoms with Gasteiger partial charge in [0.1, 0.15) is 11.5 Å². The fraction of sp³-hybridized carbons (Fsp3) is 0.375. The molecule has 0 aliphatic heterocycles. The number of anilines is 1. The van der Waals surface area contributed by atoms with Crippen LogP contribution in [0.3, 0.4) is 0 Å². The van der Waals surface area contributed by atoms with E-state index in [1.807, 2.05) is 48.5 Å². The standard InChI is InChI=1S/C40H53N3O6SSi/c1-39(2,3)51(7,8)49-37(33-18-21-36(45)35(24-33)43-50(6,47)48)27-42-40(4,5)25-30-11-9-10-29(22-30)23-38(46)41-26-28-12-14-31(15-13-28)32-16-19-34(44)20-17-32/h9-22,24,37,42-45H,23,25-27H2,1-8H3,(H,41,46)/t37-/m0/s1. The summed E-state index contributed by atoms with van der Waals surface area (Å²) in [5, 5.41) is 26.6. The van der Waals surface area contributed by atoms with E-state index >= 15 is 0 Å². The number of amides is 1. The average Bonchev–Trinajstić information content (AvgIpc) is 3.02. The van der Waals surface area contributed by atoms with Crippen LogP contribution in [0.1, 0.15) is 63.0 Å². The summed E-state index contributed by atoms with van der Waals surface area (Å²) in [5.74, 6) is 0.0173. The van der Waals surface area contributed by atoms with Crippen molar-refractivity contribution in [1.82, 2.24) is 10.6 Å². The maximum Gasteiger partial charge on any atom is 0.229 e. The molecule has 0 unspecified atom stereocenters. The molecule has 51 heavy (non-hydrogen) atoms. The first-order chi connectivity index (χ1) is 23.7. The lowest BCUT2D eigenvalue weighted by atomic mass is 9.93. The third-order valence-electron chi connectivity index (χ3n) is 9.34. The first-order valence-corrected chi connectivity index (χ1v) is 22.0. The van der Waals surface area contributed by atoms with Gasteiger partial charge in [-0.15, -0.1) is 0 Å². The fourth-order valence-electron chi connectivity index (χ4n) is 5.50. The molecule has 0 aliphatic rings. The molecule has 9 nitrogen and oxygen atoms in total. The Morgan fingerprint density at radius 2 is 1.43 bits per heavy atom. The first-order valence-electron chi connectivity index (χ1n) is 17.2. The molecule has 0 radical (unpaired) electrons.